The van der Waals surface area contributed by atoms with Crippen molar-refractivity contribution in [2.45, 2.75) is 0 Å². The number of para-hydroxylation sites is 1. The number of methoxy groups -OCH3 is 3. The molecule has 0 aromatic heterocycles. The van der Waals surface area contributed by atoms with Gasteiger partial charge in [-0.2, -0.15) is 0 Å². The molecule has 0 saturated carbocycles. The molecule has 0 spiro atoms. The molecule has 0 radical (unpaired) electrons. The van der Waals surface area contributed by atoms with Gasteiger partial charge in [-0.3, -0.25) is 4.79 Å². The first-order chi connectivity index (χ1) is 11.7. The highest BCUT2D eigenvalue weighted by Gasteiger charge is 2.17. The summed E-state index contributed by atoms with van der Waals surface area (Å²) in [5, 5.41) is 2.79. The Morgan fingerprint density at radius 2 is 1.54 bits per heavy atom. The third kappa shape index (κ3) is 4.32. The van der Waals surface area contributed by atoms with Gasteiger partial charge in [0.1, 0.15) is 18.1 Å². The molecule has 0 atom stereocenters. The van der Waals surface area contributed by atoms with Crippen LogP contribution in [0.15, 0.2) is 42.5 Å². The van der Waals surface area contributed by atoms with Gasteiger partial charge in [0.2, 0.25) is 0 Å². The quantitative estimate of drug-likeness (QED) is 0.753. The van der Waals surface area contributed by atoms with Gasteiger partial charge >= 0.3 is 0 Å². The van der Waals surface area contributed by atoms with Crippen molar-refractivity contribution >= 4 is 5.91 Å². The molecule has 0 fully saturated rings. The molecule has 0 aliphatic heterocycles. The minimum Gasteiger partial charge on any atom is -0.496 e. The topological polar surface area (TPSA) is 66.0 Å². The van der Waals surface area contributed by atoms with Gasteiger partial charge in [0.25, 0.3) is 5.91 Å². The number of hydrogen-bond acceptors (Lipinski definition) is 5. The van der Waals surface area contributed by atoms with Crippen molar-refractivity contribution in [1.82, 2.24) is 5.32 Å². The molecule has 6 nitrogen and oxygen atoms in total. The Balaban J connectivity index is 1.98. The highest BCUT2D eigenvalue weighted by molar-refractivity contribution is 5.97. The summed E-state index contributed by atoms with van der Waals surface area (Å²) >= 11 is 0. The van der Waals surface area contributed by atoms with E-state index < -0.39 is 0 Å². The lowest BCUT2D eigenvalue weighted by Crippen LogP contribution is -2.28. The fraction of sp³-hybridized carbons (Fsp3) is 0.278. The van der Waals surface area contributed by atoms with E-state index in [9.17, 15) is 4.79 Å². The smallest absolute Gasteiger partial charge is 0.255 e. The second kappa shape index (κ2) is 8.67. The van der Waals surface area contributed by atoms with E-state index in [-0.39, 0.29) is 5.91 Å². The molecule has 1 N–H and O–H groups in total. The number of nitrogens with one attached hydrogen (secondary N) is 1. The van der Waals surface area contributed by atoms with E-state index in [0.717, 1.165) is 5.75 Å². The minimum atomic E-state index is -0.274. The largest absolute Gasteiger partial charge is 0.496 e. The molecular formula is C18H21NO5. The summed E-state index contributed by atoms with van der Waals surface area (Å²) in [5.74, 6) is 1.86. The van der Waals surface area contributed by atoms with Gasteiger partial charge < -0.3 is 24.3 Å². The lowest BCUT2D eigenvalue weighted by atomic mass is 10.1. The molecular weight excluding hydrogens is 310 g/mol. The Morgan fingerprint density at radius 1 is 0.917 bits per heavy atom. The predicted molar refractivity (Wildman–Crippen MR) is 90.4 cm³/mol. The second-order valence-corrected chi connectivity index (χ2v) is 4.82. The van der Waals surface area contributed by atoms with Crippen molar-refractivity contribution in [3.05, 3.63) is 48.0 Å². The van der Waals surface area contributed by atoms with Gasteiger partial charge in [-0.25, -0.2) is 0 Å². The van der Waals surface area contributed by atoms with Gasteiger partial charge in [0, 0.05) is 12.1 Å². The van der Waals surface area contributed by atoms with Crippen LogP contribution >= 0.6 is 0 Å². The Kier molecular flexibility index (Phi) is 6.31. The number of rotatable bonds is 8. The molecule has 2 rings (SSSR count). The average Bonchev–Trinajstić information content (AvgIpc) is 2.64. The van der Waals surface area contributed by atoms with Gasteiger partial charge in [-0.1, -0.05) is 18.2 Å². The molecule has 0 saturated heterocycles. The van der Waals surface area contributed by atoms with Crippen molar-refractivity contribution in [2.75, 3.05) is 34.5 Å². The van der Waals surface area contributed by atoms with Gasteiger partial charge in [-0.05, 0) is 12.1 Å². The number of hydrogen-bond donors (Lipinski definition) is 1. The average molecular weight is 331 g/mol. The van der Waals surface area contributed by atoms with Crippen LogP contribution in [0.1, 0.15) is 10.4 Å². The van der Waals surface area contributed by atoms with Crippen LogP contribution in [-0.2, 0) is 0 Å². The van der Waals surface area contributed by atoms with Crippen molar-refractivity contribution in [3.63, 3.8) is 0 Å². The van der Waals surface area contributed by atoms with E-state index in [0.29, 0.717) is 36.0 Å². The maximum atomic E-state index is 12.4. The lowest BCUT2D eigenvalue weighted by molar-refractivity contribution is 0.0943. The van der Waals surface area contributed by atoms with Crippen LogP contribution < -0.4 is 24.3 Å². The molecule has 128 valence electrons. The zero-order chi connectivity index (χ0) is 17.4. The lowest BCUT2D eigenvalue weighted by Gasteiger charge is -2.14. The van der Waals surface area contributed by atoms with Gasteiger partial charge in [-0.15, -0.1) is 0 Å². The maximum absolute atomic E-state index is 12.4. The third-order valence-corrected chi connectivity index (χ3v) is 3.35. The van der Waals surface area contributed by atoms with Crippen LogP contribution in [-0.4, -0.2) is 40.4 Å². The molecule has 0 bridgehead atoms. The van der Waals surface area contributed by atoms with Crippen LogP contribution in [0.25, 0.3) is 0 Å². The standard InChI is InChI=1S/C18H21NO5/c1-21-15-12-17(23-3)16(22-2)11-14(15)18(20)19-9-10-24-13-7-5-4-6-8-13/h4-8,11-12H,9-10H2,1-3H3,(H,19,20). The Morgan fingerprint density at radius 3 is 2.17 bits per heavy atom. The molecule has 2 aromatic carbocycles. The van der Waals surface area contributed by atoms with E-state index in [4.69, 9.17) is 18.9 Å². The second-order valence-electron chi connectivity index (χ2n) is 4.82. The third-order valence-electron chi connectivity index (χ3n) is 3.35. The number of benzene rings is 2. The SMILES string of the molecule is COc1cc(OC)c(C(=O)NCCOc2ccccc2)cc1OC. The van der Waals surface area contributed by atoms with Crippen LogP contribution in [0.3, 0.4) is 0 Å². The molecule has 0 unspecified atom stereocenters. The number of ether oxygens (including phenoxy) is 4. The van der Waals surface area contributed by atoms with Gasteiger partial charge in [0.05, 0.1) is 33.4 Å². The van der Waals surface area contributed by atoms with Gasteiger partial charge in [0.15, 0.2) is 11.5 Å². The molecule has 2 aromatic rings. The fourth-order valence-electron chi connectivity index (χ4n) is 2.15. The first kappa shape index (κ1) is 17.5. The summed E-state index contributed by atoms with van der Waals surface area (Å²) in [5.41, 5.74) is 0.370. The van der Waals surface area contributed by atoms with E-state index in [1.54, 1.807) is 12.1 Å². The first-order valence-corrected chi connectivity index (χ1v) is 7.45. The summed E-state index contributed by atoms with van der Waals surface area (Å²) in [6, 6.07) is 12.6. The molecule has 24 heavy (non-hydrogen) atoms. The summed E-state index contributed by atoms with van der Waals surface area (Å²) < 4.78 is 21.2. The molecule has 0 aliphatic carbocycles. The van der Waals surface area contributed by atoms with E-state index in [1.807, 2.05) is 30.3 Å². The monoisotopic (exact) mass is 331 g/mol. The summed E-state index contributed by atoms with van der Waals surface area (Å²) in [6.07, 6.45) is 0. The van der Waals surface area contributed by atoms with E-state index in [1.165, 1.54) is 21.3 Å². The fourth-order valence-corrected chi connectivity index (χ4v) is 2.15. The Bertz CT molecular complexity index is 673. The molecule has 1 amide bonds. The maximum Gasteiger partial charge on any atom is 0.255 e. The van der Waals surface area contributed by atoms with E-state index in [2.05, 4.69) is 5.32 Å². The summed E-state index contributed by atoms with van der Waals surface area (Å²) in [7, 11) is 4.54. The summed E-state index contributed by atoms with van der Waals surface area (Å²) in [6.45, 7) is 0.733. The summed E-state index contributed by atoms with van der Waals surface area (Å²) in [4.78, 5) is 12.4. The van der Waals surface area contributed by atoms with Crippen LogP contribution in [0.2, 0.25) is 0 Å². The van der Waals surface area contributed by atoms with Crippen molar-refractivity contribution in [3.8, 4) is 23.0 Å². The minimum absolute atomic E-state index is 0.274. The van der Waals surface area contributed by atoms with Crippen molar-refractivity contribution in [1.29, 1.82) is 0 Å². The number of amides is 1. The van der Waals surface area contributed by atoms with E-state index >= 15 is 0 Å². The van der Waals surface area contributed by atoms with Crippen LogP contribution in [0.5, 0.6) is 23.0 Å². The number of carbonyl (C=O) groups is 1. The van der Waals surface area contributed by atoms with Crippen LogP contribution in [0.4, 0.5) is 0 Å². The zero-order valence-electron chi connectivity index (χ0n) is 14.0. The zero-order valence-corrected chi connectivity index (χ0v) is 14.0. The number of carbonyl (C=O) groups excluding carboxylic acids is 1. The normalized spacial score (nSPS) is 9.96. The van der Waals surface area contributed by atoms with Crippen molar-refractivity contribution < 1.29 is 23.7 Å². The van der Waals surface area contributed by atoms with Crippen molar-refractivity contribution in [2.24, 2.45) is 0 Å². The Hall–Kier alpha value is -2.89. The molecule has 0 heterocycles. The van der Waals surface area contributed by atoms with Crippen LogP contribution in [0, 0.1) is 0 Å². The Labute approximate surface area is 141 Å². The predicted octanol–water partition coefficient (Wildman–Crippen LogP) is 2.52. The highest BCUT2D eigenvalue weighted by Crippen LogP contribution is 2.34. The molecule has 6 heteroatoms. The highest BCUT2D eigenvalue weighted by atomic mass is 16.5. The molecule has 0 aliphatic rings. The first-order valence-electron chi connectivity index (χ1n) is 7.45.